The molecule has 0 bridgehead atoms. The van der Waals surface area contributed by atoms with Gasteiger partial charge in [0, 0.05) is 30.8 Å². The Hall–Kier alpha value is -1.73. The first kappa shape index (κ1) is 15.7. The van der Waals surface area contributed by atoms with Crippen LogP contribution in [0.25, 0.3) is 0 Å². The zero-order valence-electron chi connectivity index (χ0n) is 11.9. The lowest BCUT2D eigenvalue weighted by Crippen LogP contribution is -2.43. The lowest BCUT2D eigenvalue weighted by molar-refractivity contribution is -0.142. The number of aromatic amines is 1. The summed E-state index contributed by atoms with van der Waals surface area (Å²) in [4.78, 5) is 13.4. The van der Waals surface area contributed by atoms with Gasteiger partial charge in [0.1, 0.15) is 0 Å². The lowest BCUT2D eigenvalue weighted by atomic mass is 10.1. The van der Waals surface area contributed by atoms with Crippen molar-refractivity contribution in [2.45, 2.75) is 45.3 Å². The average Bonchev–Trinajstić information content (AvgIpc) is 2.86. The number of hydrogen-bond donors (Lipinski definition) is 2. The molecule has 0 aliphatic carbocycles. The molecule has 5 nitrogen and oxygen atoms in total. The number of aromatic nitrogens is 2. The first-order chi connectivity index (χ1) is 9.93. The summed E-state index contributed by atoms with van der Waals surface area (Å²) in [5.41, 5.74) is -0.365. The molecule has 0 unspecified atom stereocenters. The quantitative estimate of drug-likeness (QED) is 0.840. The predicted octanol–water partition coefficient (Wildman–Crippen LogP) is 2.69. The molecule has 0 saturated heterocycles. The number of hydrogen-bond acceptors (Lipinski definition) is 2. The Kier molecular flexibility index (Phi) is 4.74. The number of carbonyl (C=O) groups is 1. The van der Waals surface area contributed by atoms with Gasteiger partial charge in [-0.05, 0) is 6.42 Å². The van der Waals surface area contributed by atoms with Crippen molar-refractivity contribution in [1.29, 1.82) is 0 Å². The minimum atomic E-state index is -4.50. The van der Waals surface area contributed by atoms with Gasteiger partial charge in [0.15, 0.2) is 5.69 Å². The molecule has 1 aromatic rings. The van der Waals surface area contributed by atoms with Crippen molar-refractivity contribution in [3.05, 3.63) is 17.0 Å². The second kappa shape index (κ2) is 6.36. The number of nitrogens with zero attached hydrogens (tertiary/aromatic N) is 2. The molecular formula is C13H19F3N4O. The SMILES string of the molecule is CCCCCNC(=O)N1CCc2[nH]nc(C(F)(F)F)c2C1. The maximum absolute atomic E-state index is 12.8. The van der Waals surface area contributed by atoms with E-state index in [0.717, 1.165) is 19.3 Å². The number of halogens is 3. The minimum Gasteiger partial charge on any atom is -0.338 e. The van der Waals surface area contributed by atoms with Crippen LogP contribution in [0.15, 0.2) is 0 Å². The van der Waals surface area contributed by atoms with Crippen LogP contribution in [0.4, 0.5) is 18.0 Å². The predicted molar refractivity (Wildman–Crippen MR) is 70.6 cm³/mol. The highest BCUT2D eigenvalue weighted by atomic mass is 19.4. The van der Waals surface area contributed by atoms with E-state index in [1.165, 1.54) is 4.90 Å². The van der Waals surface area contributed by atoms with E-state index in [-0.39, 0.29) is 18.1 Å². The zero-order valence-corrected chi connectivity index (χ0v) is 11.9. The van der Waals surface area contributed by atoms with Crippen LogP contribution in [0.1, 0.15) is 43.1 Å². The van der Waals surface area contributed by atoms with Gasteiger partial charge < -0.3 is 10.2 Å². The van der Waals surface area contributed by atoms with Gasteiger partial charge in [0.2, 0.25) is 0 Å². The fraction of sp³-hybridized carbons (Fsp3) is 0.692. The Labute approximate surface area is 120 Å². The van der Waals surface area contributed by atoms with Gasteiger partial charge in [-0.2, -0.15) is 18.3 Å². The van der Waals surface area contributed by atoms with Gasteiger partial charge in [0.05, 0.1) is 6.54 Å². The first-order valence-corrected chi connectivity index (χ1v) is 7.09. The molecule has 1 aromatic heterocycles. The minimum absolute atomic E-state index is 0.0553. The van der Waals surface area contributed by atoms with Crippen LogP contribution in [-0.4, -0.2) is 34.2 Å². The summed E-state index contributed by atoms with van der Waals surface area (Å²) >= 11 is 0. The molecular weight excluding hydrogens is 285 g/mol. The van der Waals surface area contributed by atoms with Gasteiger partial charge in [-0.3, -0.25) is 5.10 Å². The smallest absolute Gasteiger partial charge is 0.338 e. The molecule has 8 heteroatoms. The number of amides is 2. The van der Waals surface area contributed by atoms with Gasteiger partial charge in [-0.1, -0.05) is 19.8 Å². The van der Waals surface area contributed by atoms with Gasteiger partial charge in [-0.15, -0.1) is 0 Å². The van der Waals surface area contributed by atoms with Crippen molar-refractivity contribution < 1.29 is 18.0 Å². The van der Waals surface area contributed by atoms with Crippen molar-refractivity contribution in [2.24, 2.45) is 0 Å². The summed E-state index contributed by atoms with van der Waals surface area (Å²) in [6, 6.07) is -0.314. The molecule has 1 aliphatic heterocycles. The summed E-state index contributed by atoms with van der Waals surface area (Å²) in [5, 5.41) is 8.51. The Balaban J connectivity index is 1.98. The highest BCUT2D eigenvalue weighted by Crippen LogP contribution is 2.33. The second-order valence-corrected chi connectivity index (χ2v) is 5.14. The number of H-pyrrole nitrogens is 1. The van der Waals surface area contributed by atoms with E-state index < -0.39 is 11.9 Å². The van der Waals surface area contributed by atoms with Crippen molar-refractivity contribution in [3.8, 4) is 0 Å². The largest absolute Gasteiger partial charge is 0.435 e. The molecule has 1 aliphatic rings. The average molecular weight is 304 g/mol. The molecule has 2 heterocycles. The fourth-order valence-corrected chi connectivity index (χ4v) is 2.38. The van der Waals surface area contributed by atoms with Crippen LogP contribution in [0.2, 0.25) is 0 Å². The van der Waals surface area contributed by atoms with Gasteiger partial charge in [0.25, 0.3) is 0 Å². The number of urea groups is 1. The van der Waals surface area contributed by atoms with Crippen LogP contribution in [-0.2, 0) is 19.1 Å². The Morgan fingerprint density at radius 2 is 2.19 bits per heavy atom. The molecule has 21 heavy (non-hydrogen) atoms. The number of rotatable bonds is 4. The van der Waals surface area contributed by atoms with Crippen molar-refractivity contribution in [1.82, 2.24) is 20.4 Å². The van der Waals surface area contributed by atoms with E-state index in [1.807, 2.05) is 0 Å². The fourth-order valence-electron chi connectivity index (χ4n) is 2.38. The van der Waals surface area contributed by atoms with Crippen molar-refractivity contribution >= 4 is 6.03 Å². The summed E-state index contributed by atoms with van der Waals surface area (Å²) < 4.78 is 38.5. The molecule has 0 aromatic carbocycles. The Morgan fingerprint density at radius 3 is 2.86 bits per heavy atom. The first-order valence-electron chi connectivity index (χ1n) is 7.09. The molecule has 0 radical (unpaired) electrons. The third-order valence-corrected chi connectivity index (χ3v) is 3.55. The summed E-state index contributed by atoms with van der Waals surface area (Å²) in [6.07, 6.45) is -1.19. The van der Waals surface area contributed by atoms with E-state index in [9.17, 15) is 18.0 Å². The van der Waals surface area contributed by atoms with E-state index in [1.54, 1.807) is 0 Å². The molecule has 2 amide bonds. The molecule has 2 N–H and O–H groups in total. The summed E-state index contributed by atoms with van der Waals surface area (Å²) in [7, 11) is 0. The van der Waals surface area contributed by atoms with E-state index in [0.29, 0.717) is 25.2 Å². The second-order valence-electron chi connectivity index (χ2n) is 5.14. The third-order valence-electron chi connectivity index (χ3n) is 3.55. The van der Waals surface area contributed by atoms with E-state index in [2.05, 4.69) is 22.4 Å². The van der Waals surface area contributed by atoms with Crippen LogP contribution in [0.5, 0.6) is 0 Å². The molecule has 118 valence electrons. The zero-order chi connectivity index (χ0) is 15.5. The lowest BCUT2D eigenvalue weighted by Gasteiger charge is -2.27. The van der Waals surface area contributed by atoms with Crippen molar-refractivity contribution in [2.75, 3.05) is 13.1 Å². The maximum Gasteiger partial charge on any atom is 0.435 e. The highest BCUT2D eigenvalue weighted by molar-refractivity contribution is 5.74. The van der Waals surface area contributed by atoms with Gasteiger partial charge >= 0.3 is 12.2 Å². The standard InChI is InChI=1S/C13H19F3N4O/c1-2-3-4-6-17-12(21)20-7-5-10-9(8-20)11(19-18-10)13(14,15)16/h2-8H2,1H3,(H,17,21)(H,18,19). The normalized spacial score (nSPS) is 15.0. The number of fused-ring (bicyclic) bond motifs is 1. The van der Waals surface area contributed by atoms with E-state index >= 15 is 0 Å². The van der Waals surface area contributed by atoms with Gasteiger partial charge in [-0.25, -0.2) is 4.79 Å². The van der Waals surface area contributed by atoms with Crippen LogP contribution < -0.4 is 5.32 Å². The number of unbranched alkanes of at least 4 members (excludes halogenated alkanes) is 2. The molecule has 0 fully saturated rings. The topological polar surface area (TPSA) is 61.0 Å². The third kappa shape index (κ3) is 3.68. The van der Waals surface area contributed by atoms with Crippen LogP contribution in [0.3, 0.4) is 0 Å². The summed E-state index contributed by atoms with van der Waals surface area (Å²) in [5.74, 6) is 0. The van der Waals surface area contributed by atoms with Crippen LogP contribution in [0, 0.1) is 0 Å². The highest BCUT2D eigenvalue weighted by Gasteiger charge is 2.39. The Morgan fingerprint density at radius 1 is 1.43 bits per heavy atom. The summed E-state index contributed by atoms with van der Waals surface area (Å²) in [6.45, 7) is 2.95. The number of alkyl halides is 3. The molecule has 0 spiro atoms. The Bertz CT molecular complexity index is 498. The molecule has 0 saturated carbocycles. The van der Waals surface area contributed by atoms with Crippen LogP contribution >= 0.6 is 0 Å². The van der Waals surface area contributed by atoms with Crippen molar-refractivity contribution in [3.63, 3.8) is 0 Å². The number of carbonyl (C=O) groups excluding carboxylic acids is 1. The molecule has 2 rings (SSSR count). The monoisotopic (exact) mass is 304 g/mol. The number of nitrogens with one attached hydrogen (secondary N) is 2. The maximum atomic E-state index is 12.8. The van der Waals surface area contributed by atoms with E-state index in [4.69, 9.17) is 0 Å². The molecule has 0 atom stereocenters.